The number of likely N-dealkylation sites (tertiary alicyclic amines) is 1. The molecule has 1 aliphatic heterocycles. The standard InChI is InChI=1S/C27H35N5O/c1-2-3-15-24-29-25-23(14-8-11-18-31-16-9-5-10-17-31)19-32(26(25)27(28)30-24)21-33-20-22-12-6-4-7-13-22/h4,6-7,12-13,19H,2-3,5,9-11,15-18,20-21H2,1H3,(H2,28,29,30). The van der Waals surface area contributed by atoms with Gasteiger partial charge in [-0.2, -0.15) is 0 Å². The van der Waals surface area contributed by atoms with E-state index in [1.807, 2.05) is 29.0 Å². The molecule has 6 nitrogen and oxygen atoms in total. The van der Waals surface area contributed by atoms with E-state index in [1.54, 1.807) is 0 Å². The van der Waals surface area contributed by atoms with Crippen molar-refractivity contribution < 1.29 is 4.74 Å². The molecule has 3 aromatic rings. The van der Waals surface area contributed by atoms with Gasteiger partial charge < -0.3 is 19.9 Å². The molecule has 33 heavy (non-hydrogen) atoms. The lowest BCUT2D eigenvalue weighted by Gasteiger charge is -2.25. The van der Waals surface area contributed by atoms with Crippen LogP contribution in [0.3, 0.4) is 0 Å². The van der Waals surface area contributed by atoms with Crippen LogP contribution >= 0.6 is 0 Å². The molecular formula is C27H35N5O. The zero-order valence-electron chi connectivity index (χ0n) is 19.7. The summed E-state index contributed by atoms with van der Waals surface area (Å²) in [5.74, 6) is 8.03. The number of hydrogen-bond acceptors (Lipinski definition) is 5. The van der Waals surface area contributed by atoms with Gasteiger partial charge in [-0.15, -0.1) is 0 Å². The topological polar surface area (TPSA) is 69.2 Å². The average Bonchev–Trinajstić information content (AvgIpc) is 3.19. The maximum Gasteiger partial charge on any atom is 0.151 e. The van der Waals surface area contributed by atoms with Crippen LogP contribution in [0.1, 0.15) is 62.4 Å². The highest BCUT2D eigenvalue weighted by Gasteiger charge is 2.15. The average molecular weight is 446 g/mol. The van der Waals surface area contributed by atoms with E-state index in [-0.39, 0.29) is 0 Å². The number of nitrogen functional groups attached to an aromatic ring is 1. The molecule has 0 amide bonds. The summed E-state index contributed by atoms with van der Waals surface area (Å²) in [5.41, 5.74) is 10.1. The predicted molar refractivity (Wildman–Crippen MR) is 134 cm³/mol. The van der Waals surface area contributed by atoms with Gasteiger partial charge in [-0.05, 0) is 37.9 Å². The molecule has 0 radical (unpaired) electrons. The fraction of sp³-hybridized carbons (Fsp3) is 0.481. The number of nitrogens with zero attached hydrogens (tertiary/aromatic N) is 4. The largest absolute Gasteiger partial charge is 0.382 e. The summed E-state index contributed by atoms with van der Waals surface area (Å²) in [7, 11) is 0. The van der Waals surface area contributed by atoms with Gasteiger partial charge in [0.2, 0.25) is 0 Å². The van der Waals surface area contributed by atoms with Crippen molar-refractivity contribution in [3.8, 4) is 11.8 Å². The molecule has 1 aromatic carbocycles. The van der Waals surface area contributed by atoms with Crippen LogP contribution in [-0.4, -0.2) is 39.1 Å². The second-order valence-electron chi connectivity index (χ2n) is 8.76. The minimum atomic E-state index is 0.378. The van der Waals surface area contributed by atoms with Gasteiger partial charge in [-0.25, -0.2) is 9.97 Å². The molecule has 4 rings (SSSR count). The zero-order valence-corrected chi connectivity index (χ0v) is 19.7. The van der Waals surface area contributed by atoms with Crippen molar-refractivity contribution in [1.82, 2.24) is 19.4 Å². The van der Waals surface area contributed by atoms with Crippen LogP contribution in [0.5, 0.6) is 0 Å². The predicted octanol–water partition coefficient (Wildman–Crippen LogP) is 4.76. The minimum Gasteiger partial charge on any atom is -0.382 e. The normalized spacial score (nSPS) is 14.3. The van der Waals surface area contributed by atoms with Gasteiger partial charge in [0.25, 0.3) is 0 Å². The van der Waals surface area contributed by atoms with Gasteiger partial charge in [0.15, 0.2) is 5.82 Å². The van der Waals surface area contributed by atoms with Crippen LogP contribution in [0.25, 0.3) is 11.0 Å². The molecule has 2 N–H and O–H groups in total. The van der Waals surface area contributed by atoms with E-state index in [9.17, 15) is 0 Å². The Labute approximate surface area is 197 Å². The number of ether oxygens (including phenoxy) is 1. The van der Waals surface area contributed by atoms with Crippen molar-refractivity contribution in [1.29, 1.82) is 0 Å². The first-order valence-electron chi connectivity index (χ1n) is 12.2. The lowest BCUT2D eigenvalue weighted by atomic mass is 10.1. The Bertz CT molecular complexity index is 1090. The van der Waals surface area contributed by atoms with Crippen LogP contribution in [-0.2, 0) is 24.5 Å². The number of hydrogen-bond donors (Lipinski definition) is 1. The highest BCUT2D eigenvalue weighted by Crippen LogP contribution is 2.24. The number of benzene rings is 1. The molecule has 174 valence electrons. The summed E-state index contributed by atoms with van der Waals surface area (Å²) in [5, 5.41) is 0. The van der Waals surface area contributed by atoms with Crippen molar-refractivity contribution in [3.63, 3.8) is 0 Å². The highest BCUT2D eigenvalue weighted by atomic mass is 16.5. The fourth-order valence-electron chi connectivity index (χ4n) is 4.30. The van der Waals surface area contributed by atoms with Gasteiger partial charge in [0, 0.05) is 25.6 Å². The molecule has 1 aliphatic rings. The van der Waals surface area contributed by atoms with Gasteiger partial charge >= 0.3 is 0 Å². The van der Waals surface area contributed by atoms with Crippen LogP contribution < -0.4 is 5.73 Å². The third kappa shape index (κ3) is 6.34. The summed E-state index contributed by atoms with van der Waals surface area (Å²) in [6, 6.07) is 10.2. The number of aryl methyl sites for hydroxylation is 1. The SMILES string of the molecule is CCCCc1nc(N)c2c(n1)c(C#CCCN1CCCCC1)cn2COCc1ccccc1. The molecule has 6 heteroatoms. The zero-order chi connectivity index (χ0) is 22.9. The Hall–Kier alpha value is -2.88. The molecule has 0 spiro atoms. The first-order valence-corrected chi connectivity index (χ1v) is 12.2. The van der Waals surface area contributed by atoms with E-state index in [0.717, 1.165) is 60.2 Å². The van der Waals surface area contributed by atoms with Crippen molar-refractivity contribution in [3.05, 3.63) is 53.5 Å². The van der Waals surface area contributed by atoms with E-state index in [2.05, 4.69) is 40.8 Å². The van der Waals surface area contributed by atoms with Crippen molar-refractivity contribution in [2.24, 2.45) is 0 Å². The fourth-order valence-corrected chi connectivity index (χ4v) is 4.30. The molecule has 1 fully saturated rings. The number of rotatable bonds is 9. The summed E-state index contributed by atoms with van der Waals surface area (Å²) < 4.78 is 7.97. The molecule has 1 saturated heterocycles. The van der Waals surface area contributed by atoms with Crippen molar-refractivity contribution in [2.45, 2.75) is 65.2 Å². The Morgan fingerprint density at radius 2 is 1.91 bits per heavy atom. The lowest BCUT2D eigenvalue weighted by molar-refractivity contribution is 0.0668. The summed E-state index contributed by atoms with van der Waals surface area (Å²) in [6.07, 6.45) is 9.81. The van der Waals surface area contributed by atoms with Crippen LogP contribution in [0, 0.1) is 11.8 Å². The van der Waals surface area contributed by atoms with Gasteiger partial charge in [0.05, 0.1) is 12.2 Å². The number of piperidine rings is 1. The Kier molecular flexibility index (Phi) is 8.35. The van der Waals surface area contributed by atoms with Crippen LogP contribution in [0.2, 0.25) is 0 Å². The smallest absolute Gasteiger partial charge is 0.151 e. The number of nitrogens with two attached hydrogens (primary N) is 1. The maximum absolute atomic E-state index is 6.40. The van der Waals surface area contributed by atoms with E-state index in [1.165, 1.54) is 32.4 Å². The lowest BCUT2D eigenvalue weighted by Crippen LogP contribution is -2.30. The number of fused-ring (bicyclic) bond motifs is 1. The third-order valence-electron chi connectivity index (χ3n) is 6.11. The first kappa shape index (κ1) is 23.3. The molecule has 2 aromatic heterocycles. The number of anilines is 1. The molecule has 0 saturated carbocycles. The Morgan fingerprint density at radius 1 is 1.09 bits per heavy atom. The molecule has 3 heterocycles. The highest BCUT2D eigenvalue weighted by molar-refractivity contribution is 5.90. The maximum atomic E-state index is 6.40. The molecule has 0 aliphatic carbocycles. The van der Waals surface area contributed by atoms with Crippen molar-refractivity contribution >= 4 is 16.9 Å². The second kappa shape index (κ2) is 11.8. The van der Waals surface area contributed by atoms with E-state index in [4.69, 9.17) is 15.5 Å². The Balaban J connectivity index is 1.53. The second-order valence-corrected chi connectivity index (χ2v) is 8.76. The van der Waals surface area contributed by atoms with Crippen LogP contribution in [0.15, 0.2) is 36.5 Å². The van der Waals surface area contributed by atoms with Gasteiger partial charge in [-0.3, -0.25) is 0 Å². The third-order valence-corrected chi connectivity index (χ3v) is 6.11. The van der Waals surface area contributed by atoms with Crippen molar-refractivity contribution in [2.75, 3.05) is 25.4 Å². The van der Waals surface area contributed by atoms with E-state index < -0.39 is 0 Å². The monoisotopic (exact) mass is 445 g/mol. The first-order chi connectivity index (χ1) is 16.2. The van der Waals surface area contributed by atoms with E-state index in [0.29, 0.717) is 19.2 Å². The molecule has 0 unspecified atom stereocenters. The molecular weight excluding hydrogens is 410 g/mol. The molecule has 0 bridgehead atoms. The number of aromatic nitrogens is 3. The van der Waals surface area contributed by atoms with Gasteiger partial charge in [-0.1, -0.05) is 61.9 Å². The quantitative estimate of drug-likeness (QED) is 0.481. The Morgan fingerprint density at radius 3 is 2.70 bits per heavy atom. The minimum absolute atomic E-state index is 0.378. The summed E-state index contributed by atoms with van der Waals surface area (Å²) in [4.78, 5) is 11.9. The molecule has 0 atom stereocenters. The van der Waals surface area contributed by atoms with Gasteiger partial charge in [0.1, 0.15) is 23.6 Å². The summed E-state index contributed by atoms with van der Waals surface area (Å²) in [6.45, 7) is 6.51. The van der Waals surface area contributed by atoms with Crippen LogP contribution in [0.4, 0.5) is 5.82 Å². The number of unbranched alkanes of at least 4 members (excludes halogenated alkanes) is 1. The van der Waals surface area contributed by atoms with E-state index >= 15 is 0 Å². The summed E-state index contributed by atoms with van der Waals surface area (Å²) >= 11 is 0.